The predicted octanol–water partition coefficient (Wildman–Crippen LogP) is 2.89. The van der Waals surface area contributed by atoms with Gasteiger partial charge in [0.15, 0.2) is 6.29 Å². The maximum atomic E-state index is 11.5. The highest BCUT2D eigenvalue weighted by Crippen LogP contribution is 2.33. The van der Waals surface area contributed by atoms with E-state index in [2.05, 4.69) is 5.32 Å². The minimum Gasteiger partial charge on any atom is -0.298 e. The van der Waals surface area contributed by atoms with E-state index in [4.69, 9.17) is 23.2 Å². The maximum absolute atomic E-state index is 11.5. The van der Waals surface area contributed by atoms with Crippen molar-refractivity contribution in [2.24, 2.45) is 0 Å². The van der Waals surface area contributed by atoms with Crippen molar-refractivity contribution in [3.63, 3.8) is 0 Å². The number of imide groups is 1. The Balaban J connectivity index is 2.55. The zero-order chi connectivity index (χ0) is 13.3. The van der Waals surface area contributed by atoms with Gasteiger partial charge < -0.3 is 0 Å². The number of rotatable bonds is 2. The van der Waals surface area contributed by atoms with Gasteiger partial charge in [-0.2, -0.15) is 0 Å². The van der Waals surface area contributed by atoms with Crippen LogP contribution in [-0.2, 0) is 9.59 Å². The van der Waals surface area contributed by atoms with Crippen molar-refractivity contribution in [1.82, 2.24) is 5.32 Å². The Labute approximate surface area is 116 Å². The van der Waals surface area contributed by atoms with Gasteiger partial charge in [-0.1, -0.05) is 29.3 Å². The first-order valence-electron chi connectivity index (χ1n) is 4.71. The summed E-state index contributed by atoms with van der Waals surface area (Å²) in [6.45, 7) is 0. The van der Waals surface area contributed by atoms with Crippen LogP contribution in [0.1, 0.15) is 5.56 Å². The van der Waals surface area contributed by atoms with Crippen LogP contribution in [0.2, 0.25) is 10.0 Å². The zero-order valence-corrected chi connectivity index (χ0v) is 11.0. The maximum Gasteiger partial charge on any atom is 0.290 e. The Bertz CT molecular complexity index is 598. The minimum atomic E-state index is -0.585. The smallest absolute Gasteiger partial charge is 0.290 e. The standard InChI is InChI=1S/C11H5Cl2NO3S/c12-7-2-1-5(3-8(7)13)6(4-15)9-10(16)14-11(17)18-9/h1-4H,(H,14,16,17)/b9-6+. The molecule has 1 N–H and O–H groups in total. The van der Waals surface area contributed by atoms with E-state index in [0.29, 0.717) is 28.6 Å². The molecule has 0 radical (unpaired) electrons. The van der Waals surface area contributed by atoms with Gasteiger partial charge in [-0.25, -0.2) is 0 Å². The molecule has 1 fully saturated rings. The van der Waals surface area contributed by atoms with Crippen molar-refractivity contribution in [3.05, 3.63) is 38.7 Å². The molecule has 0 aromatic heterocycles. The first-order chi connectivity index (χ1) is 8.52. The molecule has 2 rings (SSSR count). The summed E-state index contributed by atoms with van der Waals surface area (Å²) in [5.41, 5.74) is 0.550. The molecular formula is C11H5Cl2NO3S. The molecule has 0 unspecified atom stereocenters. The van der Waals surface area contributed by atoms with Gasteiger partial charge in [-0.3, -0.25) is 19.7 Å². The third-order valence-corrected chi connectivity index (χ3v) is 3.85. The number of benzene rings is 1. The highest BCUT2D eigenvalue weighted by atomic mass is 35.5. The number of thioether (sulfide) groups is 1. The van der Waals surface area contributed by atoms with Gasteiger partial charge in [0.1, 0.15) is 0 Å². The monoisotopic (exact) mass is 301 g/mol. The summed E-state index contributed by atoms with van der Waals surface area (Å²) in [7, 11) is 0. The first kappa shape index (κ1) is 13.1. The summed E-state index contributed by atoms with van der Waals surface area (Å²) >= 11 is 12.3. The van der Waals surface area contributed by atoms with Gasteiger partial charge in [0.2, 0.25) is 0 Å². The lowest BCUT2D eigenvalue weighted by molar-refractivity contribution is -0.115. The van der Waals surface area contributed by atoms with E-state index in [1.165, 1.54) is 12.1 Å². The van der Waals surface area contributed by atoms with E-state index in [0.717, 1.165) is 0 Å². The molecule has 92 valence electrons. The lowest BCUT2D eigenvalue weighted by Crippen LogP contribution is -2.18. The molecule has 0 atom stereocenters. The molecule has 0 bridgehead atoms. The minimum absolute atomic E-state index is 0.0633. The molecule has 7 heteroatoms. The molecule has 2 amide bonds. The van der Waals surface area contributed by atoms with Gasteiger partial charge in [0.05, 0.1) is 15.0 Å². The Hall–Kier alpha value is -1.30. The molecule has 1 aliphatic rings. The third-order valence-electron chi connectivity index (χ3n) is 2.21. The largest absolute Gasteiger partial charge is 0.298 e. The van der Waals surface area contributed by atoms with Gasteiger partial charge in [0, 0.05) is 5.57 Å². The van der Waals surface area contributed by atoms with Crippen molar-refractivity contribution in [2.45, 2.75) is 0 Å². The average molecular weight is 302 g/mol. The van der Waals surface area contributed by atoms with Crippen LogP contribution in [0.15, 0.2) is 23.1 Å². The molecule has 1 aromatic carbocycles. The van der Waals surface area contributed by atoms with Crippen LogP contribution in [0.5, 0.6) is 0 Å². The number of amides is 2. The summed E-state index contributed by atoms with van der Waals surface area (Å²) in [4.78, 5) is 33.7. The van der Waals surface area contributed by atoms with Gasteiger partial charge in [0.25, 0.3) is 11.1 Å². The van der Waals surface area contributed by atoms with Crippen molar-refractivity contribution >= 4 is 58.0 Å². The average Bonchev–Trinajstić information content (AvgIpc) is 2.64. The molecule has 4 nitrogen and oxygen atoms in total. The molecule has 18 heavy (non-hydrogen) atoms. The lowest BCUT2D eigenvalue weighted by atomic mass is 10.1. The summed E-state index contributed by atoms with van der Waals surface area (Å²) in [6.07, 6.45) is 0.514. The molecule has 1 aromatic rings. The van der Waals surface area contributed by atoms with E-state index >= 15 is 0 Å². The van der Waals surface area contributed by atoms with E-state index in [1.807, 2.05) is 0 Å². The highest BCUT2D eigenvalue weighted by molar-refractivity contribution is 8.18. The van der Waals surface area contributed by atoms with E-state index in [-0.39, 0.29) is 15.5 Å². The second-order valence-electron chi connectivity index (χ2n) is 3.33. The fourth-order valence-electron chi connectivity index (χ4n) is 1.41. The fraction of sp³-hybridized carbons (Fsp3) is 0. The SMILES string of the molecule is O=C/C(=C1\SC(=O)NC1=O)c1ccc(Cl)c(Cl)c1. The summed E-state index contributed by atoms with van der Waals surface area (Å²) in [5.74, 6) is -0.585. The third kappa shape index (κ3) is 2.43. The molecule has 0 aliphatic carbocycles. The van der Waals surface area contributed by atoms with Crippen molar-refractivity contribution < 1.29 is 14.4 Å². The van der Waals surface area contributed by atoms with Gasteiger partial charge >= 0.3 is 0 Å². The second kappa shape index (κ2) is 5.14. The van der Waals surface area contributed by atoms with E-state index in [1.54, 1.807) is 6.07 Å². The molecule has 1 aliphatic heterocycles. The van der Waals surface area contributed by atoms with Gasteiger partial charge in [-0.15, -0.1) is 0 Å². The topological polar surface area (TPSA) is 63.2 Å². The van der Waals surface area contributed by atoms with Crippen molar-refractivity contribution in [3.8, 4) is 0 Å². The number of allylic oxidation sites excluding steroid dienone is 1. The number of carbonyl (C=O) groups excluding carboxylic acids is 3. The Morgan fingerprint density at radius 2 is 1.94 bits per heavy atom. The number of aldehydes is 1. The van der Waals surface area contributed by atoms with E-state index < -0.39 is 11.1 Å². The predicted molar refractivity (Wildman–Crippen MR) is 70.6 cm³/mol. The summed E-state index contributed by atoms with van der Waals surface area (Å²) < 4.78 is 0. The second-order valence-corrected chi connectivity index (χ2v) is 5.13. The van der Waals surface area contributed by atoms with Crippen LogP contribution >= 0.6 is 35.0 Å². The number of hydrogen-bond donors (Lipinski definition) is 1. The molecule has 0 saturated carbocycles. The number of hydrogen-bond acceptors (Lipinski definition) is 4. The first-order valence-corrected chi connectivity index (χ1v) is 6.28. The van der Waals surface area contributed by atoms with Crippen LogP contribution in [0.25, 0.3) is 5.57 Å². The summed E-state index contributed by atoms with van der Waals surface area (Å²) in [5, 5.41) is 2.19. The fourth-order valence-corrected chi connectivity index (χ4v) is 2.45. The lowest BCUT2D eigenvalue weighted by Gasteiger charge is -2.04. The molecule has 1 heterocycles. The van der Waals surface area contributed by atoms with Crippen LogP contribution in [0.3, 0.4) is 0 Å². The van der Waals surface area contributed by atoms with Crippen LogP contribution in [0.4, 0.5) is 4.79 Å². The number of nitrogens with one attached hydrogen (secondary N) is 1. The number of carbonyl (C=O) groups is 3. The summed E-state index contributed by atoms with van der Waals surface area (Å²) in [6, 6.07) is 4.54. The van der Waals surface area contributed by atoms with Crippen LogP contribution in [0, 0.1) is 0 Å². The number of halogens is 2. The molecule has 0 spiro atoms. The Kier molecular flexibility index (Phi) is 3.75. The highest BCUT2D eigenvalue weighted by Gasteiger charge is 2.29. The van der Waals surface area contributed by atoms with Crippen molar-refractivity contribution in [1.29, 1.82) is 0 Å². The normalized spacial score (nSPS) is 17.7. The molecule has 1 saturated heterocycles. The van der Waals surface area contributed by atoms with E-state index in [9.17, 15) is 14.4 Å². The Morgan fingerprint density at radius 1 is 1.22 bits per heavy atom. The van der Waals surface area contributed by atoms with Crippen LogP contribution in [-0.4, -0.2) is 17.4 Å². The van der Waals surface area contributed by atoms with Gasteiger partial charge in [-0.05, 0) is 29.5 Å². The molecular weight excluding hydrogens is 297 g/mol. The Morgan fingerprint density at radius 3 is 2.44 bits per heavy atom. The quantitative estimate of drug-likeness (QED) is 0.674. The van der Waals surface area contributed by atoms with Crippen LogP contribution < -0.4 is 5.32 Å². The zero-order valence-electron chi connectivity index (χ0n) is 8.70. The van der Waals surface area contributed by atoms with Crippen molar-refractivity contribution in [2.75, 3.05) is 0 Å².